The van der Waals surface area contributed by atoms with Crippen molar-refractivity contribution >= 4 is 17.7 Å². The Morgan fingerprint density at radius 2 is 1.64 bits per heavy atom. The molecule has 36 heavy (non-hydrogen) atoms. The second-order valence-corrected chi connectivity index (χ2v) is 9.30. The molecule has 0 spiro atoms. The summed E-state index contributed by atoms with van der Waals surface area (Å²) in [5, 5.41) is 2.77. The predicted octanol–water partition coefficient (Wildman–Crippen LogP) is 3.91. The van der Waals surface area contributed by atoms with Gasteiger partial charge in [0.25, 0.3) is 5.91 Å². The van der Waals surface area contributed by atoms with Gasteiger partial charge in [0.15, 0.2) is 17.3 Å². The third kappa shape index (κ3) is 4.71. The van der Waals surface area contributed by atoms with Gasteiger partial charge in [0.1, 0.15) is 5.54 Å². The quantitative estimate of drug-likeness (QED) is 0.364. The van der Waals surface area contributed by atoms with Crippen molar-refractivity contribution in [1.29, 1.82) is 0 Å². The fourth-order valence-corrected chi connectivity index (χ4v) is 4.73. The summed E-state index contributed by atoms with van der Waals surface area (Å²) in [6.07, 6.45) is 0.244. The first-order chi connectivity index (χ1) is 17.2. The molecule has 3 amide bonds. The summed E-state index contributed by atoms with van der Waals surface area (Å²) in [5.74, 6) is 0.397. The topological polar surface area (TPSA) is 89.9 Å². The number of rotatable bonds is 9. The van der Waals surface area contributed by atoms with Gasteiger partial charge in [-0.2, -0.15) is 0 Å². The molecule has 188 valence electrons. The van der Waals surface area contributed by atoms with Gasteiger partial charge in [-0.3, -0.25) is 14.5 Å². The molecule has 2 aromatic carbocycles. The van der Waals surface area contributed by atoms with Gasteiger partial charge in [0.2, 0.25) is 0 Å². The van der Waals surface area contributed by atoms with E-state index in [4.69, 9.17) is 9.47 Å². The van der Waals surface area contributed by atoms with Crippen molar-refractivity contribution in [1.82, 2.24) is 14.8 Å². The van der Waals surface area contributed by atoms with E-state index < -0.39 is 17.5 Å². The summed E-state index contributed by atoms with van der Waals surface area (Å²) in [6, 6.07) is 16.6. The Morgan fingerprint density at radius 3 is 2.31 bits per heavy atom. The predicted molar refractivity (Wildman–Crippen MR) is 136 cm³/mol. The van der Waals surface area contributed by atoms with Gasteiger partial charge in [-0.1, -0.05) is 36.4 Å². The van der Waals surface area contributed by atoms with Gasteiger partial charge in [-0.25, -0.2) is 4.79 Å². The van der Waals surface area contributed by atoms with Crippen LogP contribution in [0.15, 0.2) is 54.6 Å². The maximum Gasteiger partial charge on any atom is 0.325 e. The zero-order valence-corrected chi connectivity index (χ0v) is 21.3. The summed E-state index contributed by atoms with van der Waals surface area (Å²) in [7, 11) is 3.09. The highest BCUT2D eigenvalue weighted by molar-refractivity contribution is 6.11. The lowest BCUT2D eigenvalue weighted by atomic mass is 9.92. The van der Waals surface area contributed by atoms with Crippen LogP contribution in [-0.2, 0) is 17.8 Å². The Bertz CT molecular complexity index is 1310. The van der Waals surface area contributed by atoms with Gasteiger partial charge < -0.3 is 19.4 Å². The zero-order valence-electron chi connectivity index (χ0n) is 21.3. The Hall–Kier alpha value is -4.07. The Balaban J connectivity index is 1.50. The number of amides is 3. The summed E-state index contributed by atoms with van der Waals surface area (Å²) >= 11 is 0. The molecule has 0 aliphatic carbocycles. The van der Waals surface area contributed by atoms with Crippen LogP contribution in [0.1, 0.15) is 39.8 Å². The third-order valence-corrected chi connectivity index (χ3v) is 6.71. The van der Waals surface area contributed by atoms with Crippen LogP contribution in [0.5, 0.6) is 11.5 Å². The van der Waals surface area contributed by atoms with Crippen LogP contribution < -0.4 is 14.8 Å². The molecule has 1 aromatic heterocycles. The minimum absolute atomic E-state index is 0.244. The first kappa shape index (κ1) is 25.0. The molecule has 0 saturated carbocycles. The number of carbonyl (C=O) groups is 3. The van der Waals surface area contributed by atoms with Crippen LogP contribution in [0.25, 0.3) is 0 Å². The van der Waals surface area contributed by atoms with Gasteiger partial charge in [-0.15, -0.1) is 0 Å². The molecule has 8 nitrogen and oxygen atoms in total. The number of benzene rings is 2. The van der Waals surface area contributed by atoms with Crippen molar-refractivity contribution in [2.45, 2.75) is 39.3 Å². The lowest BCUT2D eigenvalue weighted by Crippen LogP contribution is -2.46. The Morgan fingerprint density at radius 1 is 0.944 bits per heavy atom. The molecular formula is C28H31N3O5. The SMILES string of the molecule is COc1ccc(C[C@]2(C)NC(=O)N(CC(=O)c3cc(C)n(Cc4ccccc4)c3C)C2=O)cc1OC. The number of hydrogen-bond acceptors (Lipinski definition) is 5. The largest absolute Gasteiger partial charge is 0.493 e. The minimum Gasteiger partial charge on any atom is -0.493 e. The standard InChI is InChI=1S/C28H31N3O5/c1-18-13-22(19(2)30(18)16-20-9-7-6-8-10-20)23(32)17-31-26(33)28(3,29-27(31)34)15-21-11-12-24(35-4)25(14-21)36-5/h6-14H,15-17H2,1-5H3,(H,29,34)/t28-/m0/s1. The fraction of sp³-hybridized carbons (Fsp3) is 0.321. The summed E-state index contributed by atoms with van der Waals surface area (Å²) < 4.78 is 12.7. The molecule has 1 fully saturated rings. The van der Waals surface area contributed by atoms with E-state index in [9.17, 15) is 14.4 Å². The van der Waals surface area contributed by atoms with E-state index in [1.165, 1.54) is 7.11 Å². The number of Topliss-reactive ketones (excluding diaryl/α,β-unsaturated/α-hetero) is 1. The third-order valence-electron chi connectivity index (χ3n) is 6.71. The summed E-state index contributed by atoms with van der Waals surface area (Å²) in [6.45, 7) is 5.82. The highest BCUT2D eigenvalue weighted by Crippen LogP contribution is 2.31. The van der Waals surface area contributed by atoms with E-state index in [0.717, 1.165) is 27.4 Å². The number of methoxy groups -OCH3 is 2. The van der Waals surface area contributed by atoms with Crippen LogP contribution in [0.4, 0.5) is 4.79 Å². The molecule has 3 aromatic rings. The molecule has 1 atom stereocenters. The second-order valence-electron chi connectivity index (χ2n) is 9.30. The average molecular weight is 490 g/mol. The monoisotopic (exact) mass is 489 g/mol. The number of ether oxygens (including phenoxy) is 2. The molecule has 1 saturated heterocycles. The summed E-state index contributed by atoms with van der Waals surface area (Å²) in [4.78, 5) is 40.3. The number of aromatic nitrogens is 1. The number of nitrogens with zero attached hydrogens (tertiary/aromatic N) is 2. The number of nitrogens with one attached hydrogen (secondary N) is 1. The van der Waals surface area contributed by atoms with E-state index in [-0.39, 0.29) is 18.7 Å². The zero-order chi connectivity index (χ0) is 26.0. The van der Waals surface area contributed by atoms with E-state index >= 15 is 0 Å². The molecule has 0 radical (unpaired) electrons. The second kappa shape index (κ2) is 9.89. The van der Waals surface area contributed by atoms with Gasteiger partial charge >= 0.3 is 6.03 Å². The molecule has 2 heterocycles. The van der Waals surface area contributed by atoms with Gasteiger partial charge in [0, 0.05) is 29.9 Å². The van der Waals surface area contributed by atoms with Crippen molar-refractivity contribution in [3.05, 3.63) is 82.7 Å². The Labute approximate surface area is 210 Å². The molecular weight excluding hydrogens is 458 g/mol. The van der Waals surface area contributed by atoms with Crippen LogP contribution in [0.3, 0.4) is 0 Å². The number of carbonyl (C=O) groups excluding carboxylic acids is 3. The molecule has 0 unspecified atom stereocenters. The molecule has 1 aliphatic rings. The summed E-state index contributed by atoms with van der Waals surface area (Å²) in [5.41, 5.74) is 3.00. The lowest BCUT2D eigenvalue weighted by Gasteiger charge is -2.22. The first-order valence-electron chi connectivity index (χ1n) is 11.8. The number of urea groups is 1. The van der Waals surface area contributed by atoms with Crippen LogP contribution in [0, 0.1) is 13.8 Å². The lowest BCUT2D eigenvalue weighted by molar-refractivity contribution is -0.130. The normalized spacial score (nSPS) is 17.3. The number of imide groups is 1. The molecule has 4 rings (SSSR count). The van der Waals surface area contributed by atoms with Crippen molar-refractivity contribution in [3.63, 3.8) is 0 Å². The smallest absolute Gasteiger partial charge is 0.325 e. The van der Waals surface area contributed by atoms with E-state index in [1.54, 1.807) is 26.2 Å². The highest BCUT2D eigenvalue weighted by atomic mass is 16.5. The fourth-order valence-electron chi connectivity index (χ4n) is 4.73. The van der Waals surface area contributed by atoms with Gasteiger partial charge in [-0.05, 0) is 50.1 Å². The number of hydrogen-bond donors (Lipinski definition) is 1. The van der Waals surface area contributed by atoms with Crippen molar-refractivity contribution in [3.8, 4) is 11.5 Å². The average Bonchev–Trinajstić information content (AvgIpc) is 3.26. The van der Waals surface area contributed by atoms with E-state index in [2.05, 4.69) is 9.88 Å². The van der Waals surface area contributed by atoms with Gasteiger partial charge in [0.05, 0.1) is 20.8 Å². The van der Waals surface area contributed by atoms with Crippen LogP contribution in [0.2, 0.25) is 0 Å². The van der Waals surface area contributed by atoms with Crippen LogP contribution in [-0.4, -0.2) is 53.5 Å². The highest BCUT2D eigenvalue weighted by Gasteiger charge is 2.48. The van der Waals surface area contributed by atoms with E-state index in [0.29, 0.717) is 23.6 Å². The first-order valence-corrected chi connectivity index (χ1v) is 11.8. The molecule has 8 heteroatoms. The molecule has 1 aliphatic heterocycles. The Kier molecular flexibility index (Phi) is 6.88. The minimum atomic E-state index is -1.18. The van der Waals surface area contributed by atoms with Crippen molar-refractivity contribution < 1.29 is 23.9 Å². The number of ketones is 1. The molecule has 0 bridgehead atoms. The van der Waals surface area contributed by atoms with Crippen molar-refractivity contribution in [2.24, 2.45) is 0 Å². The van der Waals surface area contributed by atoms with Crippen LogP contribution >= 0.6 is 0 Å². The van der Waals surface area contributed by atoms with Crippen molar-refractivity contribution in [2.75, 3.05) is 20.8 Å². The number of aryl methyl sites for hydroxylation is 1. The maximum absolute atomic E-state index is 13.3. The van der Waals surface area contributed by atoms with E-state index in [1.807, 2.05) is 56.3 Å². The molecule has 1 N–H and O–H groups in total. The maximum atomic E-state index is 13.3.